The van der Waals surface area contributed by atoms with E-state index in [0.717, 1.165) is 36.6 Å². The molecule has 0 aliphatic carbocycles. The summed E-state index contributed by atoms with van der Waals surface area (Å²) in [7, 11) is 0. The Morgan fingerprint density at radius 1 is 1.32 bits per heavy atom. The van der Waals surface area contributed by atoms with Gasteiger partial charge in [-0.2, -0.15) is 0 Å². The van der Waals surface area contributed by atoms with Crippen molar-refractivity contribution < 1.29 is 14.3 Å². The van der Waals surface area contributed by atoms with Crippen molar-refractivity contribution in [1.29, 1.82) is 0 Å². The number of carbonyl (C=O) groups excluding carboxylic acids is 2. The van der Waals surface area contributed by atoms with Crippen LogP contribution < -0.4 is 10.6 Å². The van der Waals surface area contributed by atoms with Crippen LogP contribution in [0.5, 0.6) is 0 Å². The first-order valence-electron chi connectivity index (χ1n) is 9.52. The number of aryl methyl sites for hydroxylation is 1. The minimum atomic E-state index is -0.186. The molecule has 28 heavy (non-hydrogen) atoms. The third-order valence-corrected chi connectivity index (χ3v) is 5.72. The molecule has 1 saturated heterocycles. The molecule has 2 N–H and O–H groups in total. The lowest BCUT2D eigenvalue weighted by molar-refractivity contribution is -0.116. The van der Waals surface area contributed by atoms with Crippen molar-refractivity contribution in [3.63, 3.8) is 0 Å². The van der Waals surface area contributed by atoms with Crippen LogP contribution in [0.1, 0.15) is 41.9 Å². The molecule has 2 aliphatic rings. The van der Waals surface area contributed by atoms with Gasteiger partial charge < -0.3 is 10.1 Å². The first-order valence-corrected chi connectivity index (χ1v) is 10.4. The summed E-state index contributed by atoms with van der Waals surface area (Å²) in [5, 5.41) is 8.30. The Kier molecular flexibility index (Phi) is 5.43. The lowest BCUT2D eigenvalue weighted by atomic mass is 10.0. The van der Waals surface area contributed by atoms with Gasteiger partial charge in [0.2, 0.25) is 5.91 Å². The number of benzene rings is 1. The highest BCUT2D eigenvalue weighted by Gasteiger charge is 2.23. The molecule has 2 amide bonds. The maximum absolute atomic E-state index is 12.6. The zero-order valence-corrected chi connectivity index (χ0v) is 16.8. The molecule has 1 fully saturated rings. The van der Waals surface area contributed by atoms with Crippen LogP contribution in [0.25, 0.3) is 0 Å². The smallest absolute Gasteiger partial charge is 0.257 e. The number of morpholine rings is 1. The predicted molar refractivity (Wildman–Crippen MR) is 109 cm³/mol. The molecule has 0 unspecified atom stereocenters. The zero-order valence-electron chi connectivity index (χ0n) is 16.0. The van der Waals surface area contributed by atoms with Crippen LogP contribution in [0.4, 0.5) is 10.8 Å². The predicted octanol–water partition coefficient (Wildman–Crippen LogP) is 2.89. The molecular weight excluding hydrogens is 376 g/mol. The van der Waals surface area contributed by atoms with Gasteiger partial charge in [0.05, 0.1) is 17.9 Å². The normalized spacial score (nSPS) is 22.4. The summed E-state index contributed by atoms with van der Waals surface area (Å²) in [5.74, 6) is -0.168. The van der Waals surface area contributed by atoms with Gasteiger partial charge in [-0.15, -0.1) is 11.3 Å². The van der Waals surface area contributed by atoms with Crippen molar-refractivity contribution >= 4 is 34.0 Å². The summed E-state index contributed by atoms with van der Waals surface area (Å²) < 4.78 is 5.77. The van der Waals surface area contributed by atoms with Gasteiger partial charge in [0.15, 0.2) is 5.13 Å². The van der Waals surface area contributed by atoms with Gasteiger partial charge in [0, 0.05) is 42.7 Å². The molecule has 1 aromatic carbocycles. The van der Waals surface area contributed by atoms with Gasteiger partial charge in [-0.25, -0.2) is 4.98 Å². The number of rotatable bonds is 4. The molecule has 2 aliphatic heterocycles. The van der Waals surface area contributed by atoms with Crippen molar-refractivity contribution in [2.75, 3.05) is 23.7 Å². The fraction of sp³-hybridized carbons (Fsp3) is 0.450. The molecule has 0 radical (unpaired) electrons. The molecule has 1 aromatic heterocycles. The number of ether oxygens (including phenoxy) is 1. The Labute approximate surface area is 168 Å². The van der Waals surface area contributed by atoms with Crippen molar-refractivity contribution in [2.45, 2.75) is 45.4 Å². The summed E-state index contributed by atoms with van der Waals surface area (Å²) in [6, 6.07) is 5.36. The molecule has 0 saturated carbocycles. The number of carbonyl (C=O) groups is 2. The van der Waals surface area contributed by atoms with Crippen molar-refractivity contribution in [2.24, 2.45) is 0 Å². The van der Waals surface area contributed by atoms with E-state index in [-0.39, 0.29) is 24.0 Å². The van der Waals surface area contributed by atoms with E-state index in [9.17, 15) is 9.59 Å². The number of anilines is 2. The van der Waals surface area contributed by atoms with Gasteiger partial charge in [-0.05, 0) is 44.0 Å². The van der Waals surface area contributed by atoms with E-state index in [0.29, 0.717) is 23.5 Å². The number of nitrogens with zero attached hydrogens (tertiary/aromatic N) is 2. The Bertz CT molecular complexity index is 887. The number of hydrogen-bond donors (Lipinski definition) is 2. The zero-order chi connectivity index (χ0) is 19.7. The summed E-state index contributed by atoms with van der Waals surface area (Å²) in [4.78, 5) is 30.9. The fourth-order valence-electron chi connectivity index (χ4n) is 3.77. The number of nitrogens with one attached hydrogen (secondary N) is 2. The van der Waals surface area contributed by atoms with E-state index >= 15 is 0 Å². The second-order valence-electron chi connectivity index (χ2n) is 7.47. The van der Waals surface area contributed by atoms with Crippen LogP contribution in [-0.4, -0.2) is 47.0 Å². The van der Waals surface area contributed by atoms with Crippen LogP contribution in [-0.2, 0) is 22.5 Å². The third kappa shape index (κ3) is 4.40. The number of thiazole rings is 1. The van der Waals surface area contributed by atoms with Crippen LogP contribution in [0, 0.1) is 0 Å². The lowest BCUT2D eigenvalue weighted by Gasteiger charge is -2.34. The van der Waals surface area contributed by atoms with Gasteiger partial charge in [-0.1, -0.05) is 0 Å². The molecule has 0 bridgehead atoms. The van der Waals surface area contributed by atoms with E-state index in [4.69, 9.17) is 4.74 Å². The standard InChI is InChI=1S/C20H24N4O3S/c1-12-8-24(9-13(2)27-12)10-16-11-28-20(21-16)23-19(26)15-3-5-17-14(7-15)4-6-18(25)22-17/h3,5,7,11-13H,4,6,8-10H2,1-2H3,(H,22,25)(H,21,23,26)/t12-,13-/m0/s1. The molecule has 2 aromatic rings. The number of aromatic nitrogens is 1. The summed E-state index contributed by atoms with van der Waals surface area (Å²) >= 11 is 1.43. The minimum absolute atomic E-state index is 0.0177. The van der Waals surface area contributed by atoms with Crippen LogP contribution >= 0.6 is 11.3 Å². The van der Waals surface area contributed by atoms with E-state index in [1.807, 2.05) is 11.4 Å². The van der Waals surface area contributed by atoms with Gasteiger partial charge >= 0.3 is 0 Å². The van der Waals surface area contributed by atoms with E-state index in [2.05, 4.69) is 34.4 Å². The Hall–Kier alpha value is -2.29. The number of amides is 2. The van der Waals surface area contributed by atoms with E-state index in [1.165, 1.54) is 11.3 Å². The van der Waals surface area contributed by atoms with Crippen LogP contribution in [0.15, 0.2) is 23.6 Å². The van der Waals surface area contributed by atoms with Crippen molar-refractivity contribution in [3.8, 4) is 0 Å². The largest absolute Gasteiger partial charge is 0.373 e. The van der Waals surface area contributed by atoms with Crippen LogP contribution in [0.2, 0.25) is 0 Å². The SMILES string of the molecule is C[C@H]1CN(Cc2csc(NC(=O)c3ccc4c(c3)CCC(=O)N4)n2)C[C@H](C)O1. The molecule has 3 heterocycles. The highest BCUT2D eigenvalue weighted by atomic mass is 32.1. The molecular formula is C20H24N4O3S. The maximum Gasteiger partial charge on any atom is 0.257 e. The topological polar surface area (TPSA) is 83.6 Å². The summed E-state index contributed by atoms with van der Waals surface area (Å²) in [6.07, 6.45) is 1.54. The first kappa shape index (κ1) is 19.0. The third-order valence-electron chi connectivity index (χ3n) is 4.92. The Balaban J connectivity index is 1.38. The molecule has 0 spiro atoms. The fourth-order valence-corrected chi connectivity index (χ4v) is 4.47. The average molecular weight is 401 g/mol. The second kappa shape index (κ2) is 7.98. The van der Waals surface area contributed by atoms with Crippen molar-refractivity contribution in [3.05, 3.63) is 40.4 Å². The minimum Gasteiger partial charge on any atom is -0.373 e. The van der Waals surface area contributed by atoms with Gasteiger partial charge in [0.25, 0.3) is 5.91 Å². The summed E-state index contributed by atoms with van der Waals surface area (Å²) in [5.41, 5.74) is 3.30. The highest BCUT2D eigenvalue weighted by Crippen LogP contribution is 2.25. The Morgan fingerprint density at radius 3 is 2.89 bits per heavy atom. The Morgan fingerprint density at radius 2 is 2.11 bits per heavy atom. The number of hydrogen-bond acceptors (Lipinski definition) is 6. The molecule has 2 atom stereocenters. The van der Waals surface area contributed by atoms with Crippen molar-refractivity contribution in [1.82, 2.24) is 9.88 Å². The molecule has 148 valence electrons. The van der Waals surface area contributed by atoms with E-state index in [1.54, 1.807) is 12.1 Å². The van der Waals surface area contributed by atoms with Gasteiger partial charge in [-0.3, -0.25) is 19.8 Å². The lowest BCUT2D eigenvalue weighted by Crippen LogP contribution is -2.44. The molecule has 4 rings (SSSR count). The molecule has 8 heteroatoms. The molecule has 7 nitrogen and oxygen atoms in total. The van der Waals surface area contributed by atoms with Crippen LogP contribution in [0.3, 0.4) is 0 Å². The maximum atomic E-state index is 12.6. The quantitative estimate of drug-likeness (QED) is 0.825. The highest BCUT2D eigenvalue weighted by molar-refractivity contribution is 7.14. The second-order valence-corrected chi connectivity index (χ2v) is 8.33. The summed E-state index contributed by atoms with van der Waals surface area (Å²) in [6.45, 7) is 6.69. The van der Waals surface area contributed by atoms with Gasteiger partial charge in [0.1, 0.15) is 0 Å². The number of fused-ring (bicyclic) bond motifs is 1. The van der Waals surface area contributed by atoms with E-state index < -0.39 is 0 Å². The monoisotopic (exact) mass is 400 g/mol. The first-order chi connectivity index (χ1) is 13.5. The average Bonchev–Trinajstić information content (AvgIpc) is 3.07.